The van der Waals surface area contributed by atoms with Crippen LogP contribution in [-0.4, -0.2) is 43.3 Å². The summed E-state index contributed by atoms with van der Waals surface area (Å²) in [6.07, 6.45) is 5.01. The van der Waals surface area contributed by atoms with Crippen LogP contribution in [-0.2, 0) is 14.3 Å². The Morgan fingerprint density at radius 1 is 1.35 bits per heavy atom. The van der Waals surface area contributed by atoms with Gasteiger partial charge in [0, 0.05) is 20.2 Å². The highest BCUT2D eigenvalue weighted by Crippen LogP contribution is 2.38. The smallest absolute Gasteiger partial charge is 0.303 e. The van der Waals surface area contributed by atoms with E-state index in [1.54, 1.807) is 0 Å². The van der Waals surface area contributed by atoms with Crippen LogP contribution in [0.25, 0.3) is 0 Å². The maximum absolute atomic E-state index is 11.8. The number of ether oxygens (including phenoxy) is 1. The highest BCUT2D eigenvalue weighted by Gasteiger charge is 2.34. The van der Waals surface area contributed by atoms with Crippen LogP contribution in [0.2, 0.25) is 0 Å². The molecule has 0 spiro atoms. The Kier molecular flexibility index (Phi) is 6.95. The number of hydrogen-bond acceptors (Lipinski definition) is 4. The van der Waals surface area contributed by atoms with Gasteiger partial charge in [-0.25, -0.2) is 0 Å². The summed E-state index contributed by atoms with van der Waals surface area (Å²) in [6.45, 7) is 0.726. The zero-order valence-corrected chi connectivity index (χ0v) is 12.2. The molecule has 1 unspecified atom stereocenters. The molecule has 1 amide bonds. The van der Waals surface area contributed by atoms with Crippen molar-refractivity contribution in [3.63, 3.8) is 0 Å². The molecule has 0 saturated heterocycles. The number of carbonyl (C=O) groups is 2. The van der Waals surface area contributed by atoms with Crippen molar-refractivity contribution in [3.8, 4) is 0 Å². The maximum atomic E-state index is 11.8. The van der Waals surface area contributed by atoms with E-state index in [2.05, 4.69) is 5.32 Å². The van der Waals surface area contributed by atoms with Crippen LogP contribution in [0.4, 0.5) is 0 Å². The normalized spacial score (nSPS) is 19.3. The Labute approximate surface area is 120 Å². The summed E-state index contributed by atoms with van der Waals surface area (Å²) in [6, 6.07) is 0. The fraction of sp³-hybridized carbons (Fsp3) is 0.857. The minimum atomic E-state index is -0.794. The van der Waals surface area contributed by atoms with E-state index in [9.17, 15) is 9.59 Å². The zero-order valence-electron chi connectivity index (χ0n) is 12.2. The first-order chi connectivity index (χ1) is 9.51. The predicted octanol–water partition coefficient (Wildman–Crippen LogP) is 0.892. The second kappa shape index (κ2) is 8.21. The number of rotatable bonds is 8. The van der Waals surface area contributed by atoms with Crippen LogP contribution >= 0.6 is 0 Å². The largest absolute Gasteiger partial charge is 0.481 e. The molecule has 1 fully saturated rings. The first-order valence-corrected chi connectivity index (χ1v) is 7.23. The number of carboxylic acids is 1. The standard InChI is InChI=1S/C14H26N2O4/c1-20-11(9-15)7-12(17)16-10-14(8-13(18)19)5-3-2-4-6-14/h11H,2-10,15H2,1H3,(H,16,17)(H,18,19). The highest BCUT2D eigenvalue weighted by atomic mass is 16.5. The Bertz CT molecular complexity index is 323. The van der Waals surface area contributed by atoms with Gasteiger partial charge in [-0.05, 0) is 18.3 Å². The number of carboxylic acid groups (broad SMARTS) is 1. The van der Waals surface area contributed by atoms with Gasteiger partial charge in [-0.3, -0.25) is 9.59 Å². The predicted molar refractivity (Wildman–Crippen MR) is 75.2 cm³/mol. The molecule has 0 aliphatic heterocycles. The third kappa shape index (κ3) is 5.46. The van der Waals surface area contributed by atoms with E-state index in [1.165, 1.54) is 7.11 Å². The van der Waals surface area contributed by atoms with Crippen LogP contribution < -0.4 is 11.1 Å². The third-order valence-electron chi connectivity index (χ3n) is 4.11. The van der Waals surface area contributed by atoms with Gasteiger partial charge in [-0.15, -0.1) is 0 Å². The summed E-state index contributed by atoms with van der Waals surface area (Å²) in [7, 11) is 1.53. The first-order valence-electron chi connectivity index (χ1n) is 7.23. The number of aliphatic carboxylic acids is 1. The third-order valence-corrected chi connectivity index (χ3v) is 4.11. The van der Waals surface area contributed by atoms with E-state index in [1.807, 2.05) is 0 Å². The van der Waals surface area contributed by atoms with Gasteiger partial charge in [-0.1, -0.05) is 19.3 Å². The molecular weight excluding hydrogens is 260 g/mol. The van der Waals surface area contributed by atoms with Crippen molar-refractivity contribution in [1.29, 1.82) is 0 Å². The van der Waals surface area contributed by atoms with Crippen molar-refractivity contribution in [2.45, 2.75) is 51.0 Å². The van der Waals surface area contributed by atoms with Gasteiger partial charge in [0.1, 0.15) is 0 Å². The lowest BCUT2D eigenvalue weighted by Crippen LogP contribution is -2.42. The molecule has 116 valence electrons. The van der Waals surface area contributed by atoms with Gasteiger partial charge < -0.3 is 20.9 Å². The molecule has 0 radical (unpaired) electrons. The van der Waals surface area contributed by atoms with Gasteiger partial charge in [0.05, 0.1) is 18.9 Å². The van der Waals surface area contributed by atoms with Crippen molar-refractivity contribution in [2.24, 2.45) is 11.1 Å². The molecule has 0 aromatic heterocycles. The van der Waals surface area contributed by atoms with Gasteiger partial charge in [0.15, 0.2) is 0 Å². The maximum Gasteiger partial charge on any atom is 0.303 e. The van der Waals surface area contributed by atoms with Crippen molar-refractivity contribution in [1.82, 2.24) is 5.32 Å². The first kappa shape index (κ1) is 16.9. The lowest BCUT2D eigenvalue weighted by atomic mass is 9.71. The van der Waals surface area contributed by atoms with Crippen LogP contribution in [0.3, 0.4) is 0 Å². The molecule has 1 aliphatic carbocycles. The average Bonchev–Trinajstić information content (AvgIpc) is 2.43. The number of nitrogens with one attached hydrogen (secondary N) is 1. The summed E-state index contributed by atoms with van der Waals surface area (Å²) in [5, 5.41) is 11.9. The average molecular weight is 286 g/mol. The van der Waals surface area contributed by atoms with Gasteiger partial charge in [0.25, 0.3) is 0 Å². The SMILES string of the molecule is COC(CN)CC(=O)NCC1(CC(=O)O)CCCCC1. The Balaban J connectivity index is 2.49. The lowest BCUT2D eigenvalue weighted by Gasteiger charge is -2.36. The topological polar surface area (TPSA) is 102 Å². The quantitative estimate of drug-likeness (QED) is 0.615. The molecular formula is C14H26N2O4. The van der Waals surface area contributed by atoms with Crippen molar-refractivity contribution < 1.29 is 19.4 Å². The number of methoxy groups -OCH3 is 1. The molecule has 4 N–H and O–H groups in total. The van der Waals surface area contributed by atoms with E-state index < -0.39 is 5.97 Å². The van der Waals surface area contributed by atoms with Crippen molar-refractivity contribution >= 4 is 11.9 Å². The van der Waals surface area contributed by atoms with Crippen molar-refractivity contribution in [2.75, 3.05) is 20.2 Å². The molecule has 1 saturated carbocycles. The van der Waals surface area contributed by atoms with Crippen molar-refractivity contribution in [3.05, 3.63) is 0 Å². The molecule has 6 heteroatoms. The molecule has 6 nitrogen and oxygen atoms in total. The number of amides is 1. The summed E-state index contributed by atoms with van der Waals surface area (Å²) in [5.74, 6) is -0.921. The summed E-state index contributed by atoms with van der Waals surface area (Å²) < 4.78 is 5.07. The summed E-state index contributed by atoms with van der Waals surface area (Å²) >= 11 is 0. The van der Waals surface area contributed by atoms with E-state index in [0.29, 0.717) is 13.1 Å². The number of carbonyl (C=O) groups excluding carboxylic acids is 1. The lowest BCUT2D eigenvalue weighted by molar-refractivity contribution is -0.141. The number of nitrogens with two attached hydrogens (primary N) is 1. The monoisotopic (exact) mass is 286 g/mol. The molecule has 0 aromatic rings. The van der Waals surface area contributed by atoms with Crippen LogP contribution in [0.5, 0.6) is 0 Å². The van der Waals surface area contributed by atoms with Gasteiger partial charge in [0.2, 0.25) is 5.91 Å². The number of hydrogen-bond donors (Lipinski definition) is 3. The molecule has 0 heterocycles. The summed E-state index contributed by atoms with van der Waals surface area (Å²) in [4.78, 5) is 22.9. The second-order valence-corrected chi connectivity index (χ2v) is 5.71. The molecule has 1 atom stereocenters. The molecule has 0 aromatic carbocycles. The molecule has 1 rings (SSSR count). The Morgan fingerprint density at radius 2 is 2.00 bits per heavy atom. The molecule has 0 bridgehead atoms. The van der Waals surface area contributed by atoms with E-state index in [-0.39, 0.29) is 30.3 Å². The minimum absolute atomic E-state index is 0.123. The highest BCUT2D eigenvalue weighted by molar-refractivity contribution is 5.76. The molecule has 1 aliphatic rings. The second-order valence-electron chi connectivity index (χ2n) is 5.71. The zero-order chi connectivity index (χ0) is 15.0. The van der Waals surface area contributed by atoms with Crippen LogP contribution in [0, 0.1) is 5.41 Å². The fourth-order valence-electron chi connectivity index (χ4n) is 2.87. The van der Waals surface area contributed by atoms with E-state index >= 15 is 0 Å². The van der Waals surface area contributed by atoms with Gasteiger partial charge in [-0.2, -0.15) is 0 Å². The van der Waals surface area contributed by atoms with E-state index in [0.717, 1.165) is 32.1 Å². The van der Waals surface area contributed by atoms with E-state index in [4.69, 9.17) is 15.6 Å². The minimum Gasteiger partial charge on any atom is -0.481 e. The Morgan fingerprint density at radius 3 is 2.50 bits per heavy atom. The van der Waals surface area contributed by atoms with Crippen LogP contribution in [0.1, 0.15) is 44.9 Å². The fourth-order valence-corrected chi connectivity index (χ4v) is 2.87. The van der Waals surface area contributed by atoms with Gasteiger partial charge >= 0.3 is 5.97 Å². The molecule has 20 heavy (non-hydrogen) atoms. The Hall–Kier alpha value is -1.14. The summed E-state index contributed by atoms with van der Waals surface area (Å²) in [5.41, 5.74) is 5.19. The van der Waals surface area contributed by atoms with Crippen LogP contribution in [0.15, 0.2) is 0 Å².